The molecule has 6 heteroatoms. The third-order valence-corrected chi connectivity index (χ3v) is 3.03. The van der Waals surface area contributed by atoms with Crippen LogP contribution in [0.15, 0.2) is 22.8 Å². The van der Waals surface area contributed by atoms with Gasteiger partial charge in [0.2, 0.25) is 0 Å². The molecule has 0 aliphatic carbocycles. The average molecular weight is 258 g/mol. The summed E-state index contributed by atoms with van der Waals surface area (Å²) in [4.78, 5) is 25.0. The fourth-order valence-corrected chi connectivity index (χ4v) is 2.23. The number of alkyl halides is 1. The van der Waals surface area contributed by atoms with Crippen LogP contribution in [-0.2, 0) is 9.53 Å². The number of methoxy groups -OCH3 is 1. The predicted molar refractivity (Wildman–Crippen MR) is 59.8 cm³/mol. The molecule has 2 atom stereocenters. The number of furan rings is 1. The third kappa shape index (κ3) is 2.29. The van der Waals surface area contributed by atoms with Crippen molar-refractivity contribution < 1.29 is 18.7 Å². The molecule has 0 bridgehead atoms. The Bertz CT molecular complexity index is 417. The molecule has 1 aliphatic rings. The number of halogens is 1. The molecule has 1 aromatic heterocycles. The fourth-order valence-electron chi connectivity index (χ4n) is 1.91. The lowest BCUT2D eigenvalue weighted by Crippen LogP contribution is -2.41. The van der Waals surface area contributed by atoms with Crippen molar-refractivity contribution in [1.29, 1.82) is 0 Å². The van der Waals surface area contributed by atoms with E-state index in [-0.39, 0.29) is 17.0 Å². The molecule has 92 valence electrons. The first-order chi connectivity index (χ1) is 8.13. The smallest absolute Gasteiger partial charge is 0.328 e. The van der Waals surface area contributed by atoms with Crippen molar-refractivity contribution in [2.75, 3.05) is 13.7 Å². The number of ether oxygens (including phenoxy) is 1. The number of hydrogen-bond acceptors (Lipinski definition) is 4. The van der Waals surface area contributed by atoms with Crippen LogP contribution < -0.4 is 0 Å². The van der Waals surface area contributed by atoms with Gasteiger partial charge in [0.05, 0.1) is 18.8 Å². The molecule has 0 radical (unpaired) electrons. The molecule has 1 saturated heterocycles. The monoisotopic (exact) mass is 257 g/mol. The highest BCUT2D eigenvalue weighted by Gasteiger charge is 2.40. The van der Waals surface area contributed by atoms with E-state index < -0.39 is 12.0 Å². The minimum absolute atomic E-state index is 0.199. The van der Waals surface area contributed by atoms with E-state index in [2.05, 4.69) is 4.74 Å². The quantitative estimate of drug-likeness (QED) is 0.591. The number of likely N-dealkylation sites (tertiary alicyclic amines) is 1. The van der Waals surface area contributed by atoms with Gasteiger partial charge in [0, 0.05) is 6.54 Å². The lowest BCUT2D eigenvalue weighted by atomic mass is 10.2. The number of carbonyl (C=O) groups excluding carboxylic acids is 2. The summed E-state index contributed by atoms with van der Waals surface area (Å²) >= 11 is 5.98. The van der Waals surface area contributed by atoms with Crippen molar-refractivity contribution in [1.82, 2.24) is 4.90 Å². The summed E-state index contributed by atoms with van der Waals surface area (Å²) in [6.07, 6.45) is 1.81. The normalized spacial score (nSPS) is 23.8. The standard InChI is InChI=1S/C11H12ClNO4/c1-16-11(15)8-5-7(12)6-13(8)10(14)9-3-2-4-17-9/h2-4,7-8H,5-6H2,1H3/t7-,8-/m0/s1. The highest BCUT2D eigenvalue weighted by molar-refractivity contribution is 6.21. The van der Waals surface area contributed by atoms with E-state index in [1.54, 1.807) is 12.1 Å². The molecular weight excluding hydrogens is 246 g/mol. The fraction of sp³-hybridized carbons (Fsp3) is 0.455. The largest absolute Gasteiger partial charge is 0.467 e. The number of carbonyl (C=O) groups is 2. The van der Waals surface area contributed by atoms with Crippen LogP contribution in [0.3, 0.4) is 0 Å². The molecule has 1 aliphatic heterocycles. The van der Waals surface area contributed by atoms with Gasteiger partial charge in [0.15, 0.2) is 5.76 Å². The Kier molecular flexibility index (Phi) is 3.38. The lowest BCUT2D eigenvalue weighted by Gasteiger charge is -2.21. The van der Waals surface area contributed by atoms with Crippen LogP contribution in [0.2, 0.25) is 0 Å². The Balaban J connectivity index is 2.18. The first-order valence-electron chi connectivity index (χ1n) is 5.20. The molecule has 1 amide bonds. The lowest BCUT2D eigenvalue weighted by molar-refractivity contribution is -0.145. The average Bonchev–Trinajstić information content (AvgIpc) is 2.95. The van der Waals surface area contributed by atoms with Crippen LogP contribution in [0.5, 0.6) is 0 Å². The van der Waals surface area contributed by atoms with E-state index in [1.165, 1.54) is 18.3 Å². The van der Waals surface area contributed by atoms with Gasteiger partial charge in [0.25, 0.3) is 5.91 Å². The van der Waals surface area contributed by atoms with Crippen molar-refractivity contribution in [3.8, 4) is 0 Å². The summed E-state index contributed by atoms with van der Waals surface area (Å²) < 4.78 is 9.68. The minimum atomic E-state index is -0.625. The van der Waals surface area contributed by atoms with Gasteiger partial charge in [-0.3, -0.25) is 4.79 Å². The zero-order valence-corrected chi connectivity index (χ0v) is 10.0. The van der Waals surface area contributed by atoms with Gasteiger partial charge in [-0.05, 0) is 18.6 Å². The Labute approximate surface area is 103 Å². The molecule has 1 aromatic rings. The van der Waals surface area contributed by atoms with Crippen LogP contribution in [0, 0.1) is 0 Å². The Hall–Kier alpha value is -1.49. The molecule has 17 heavy (non-hydrogen) atoms. The van der Waals surface area contributed by atoms with E-state index in [1.807, 2.05) is 0 Å². The van der Waals surface area contributed by atoms with Crippen LogP contribution in [0.4, 0.5) is 0 Å². The van der Waals surface area contributed by atoms with Crippen LogP contribution in [0.25, 0.3) is 0 Å². The van der Waals surface area contributed by atoms with Gasteiger partial charge < -0.3 is 14.1 Å². The third-order valence-electron chi connectivity index (χ3n) is 2.72. The maximum Gasteiger partial charge on any atom is 0.328 e. The molecule has 5 nitrogen and oxygen atoms in total. The van der Waals surface area contributed by atoms with E-state index in [0.29, 0.717) is 13.0 Å². The van der Waals surface area contributed by atoms with Gasteiger partial charge in [-0.1, -0.05) is 0 Å². The van der Waals surface area contributed by atoms with Crippen molar-refractivity contribution in [2.45, 2.75) is 17.8 Å². The van der Waals surface area contributed by atoms with E-state index >= 15 is 0 Å². The second-order valence-electron chi connectivity index (χ2n) is 3.81. The van der Waals surface area contributed by atoms with Gasteiger partial charge >= 0.3 is 5.97 Å². The first-order valence-corrected chi connectivity index (χ1v) is 5.63. The molecule has 1 fully saturated rings. The number of esters is 1. The number of amides is 1. The molecule has 0 aromatic carbocycles. The number of nitrogens with zero attached hydrogens (tertiary/aromatic N) is 1. The Morgan fingerprint density at radius 3 is 2.94 bits per heavy atom. The van der Waals surface area contributed by atoms with Crippen LogP contribution in [0.1, 0.15) is 17.0 Å². The summed E-state index contributed by atoms with van der Waals surface area (Å²) in [6.45, 7) is 0.320. The molecule has 0 saturated carbocycles. The Morgan fingerprint density at radius 2 is 2.35 bits per heavy atom. The Morgan fingerprint density at radius 1 is 1.59 bits per heavy atom. The van der Waals surface area contributed by atoms with Gasteiger partial charge in [-0.15, -0.1) is 11.6 Å². The van der Waals surface area contributed by atoms with Crippen LogP contribution >= 0.6 is 11.6 Å². The molecule has 0 unspecified atom stereocenters. The van der Waals surface area contributed by atoms with Crippen molar-refractivity contribution in [3.05, 3.63) is 24.2 Å². The van der Waals surface area contributed by atoms with Crippen molar-refractivity contribution in [2.24, 2.45) is 0 Å². The highest BCUT2D eigenvalue weighted by Crippen LogP contribution is 2.25. The zero-order valence-electron chi connectivity index (χ0n) is 9.26. The van der Waals surface area contributed by atoms with E-state index in [4.69, 9.17) is 16.0 Å². The SMILES string of the molecule is COC(=O)[C@@H]1C[C@H](Cl)CN1C(=O)c1ccco1. The molecule has 2 heterocycles. The zero-order chi connectivity index (χ0) is 12.4. The summed E-state index contributed by atoms with van der Waals surface area (Å²) in [5, 5.41) is -0.238. The van der Waals surface area contributed by atoms with E-state index in [0.717, 1.165) is 0 Å². The van der Waals surface area contributed by atoms with Gasteiger partial charge in [0.1, 0.15) is 6.04 Å². The second kappa shape index (κ2) is 4.79. The topological polar surface area (TPSA) is 59.8 Å². The predicted octanol–water partition coefficient (Wildman–Crippen LogP) is 1.27. The van der Waals surface area contributed by atoms with Crippen molar-refractivity contribution in [3.63, 3.8) is 0 Å². The minimum Gasteiger partial charge on any atom is -0.467 e. The van der Waals surface area contributed by atoms with Gasteiger partial charge in [-0.2, -0.15) is 0 Å². The highest BCUT2D eigenvalue weighted by atomic mass is 35.5. The summed E-state index contributed by atoms with van der Waals surface area (Å²) in [7, 11) is 1.29. The van der Waals surface area contributed by atoms with Gasteiger partial charge in [-0.25, -0.2) is 4.79 Å². The van der Waals surface area contributed by atoms with Crippen LogP contribution in [-0.4, -0.2) is 41.8 Å². The molecule has 0 N–H and O–H groups in total. The number of rotatable bonds is 2. The molecule has 2 rings (SSSR count). The summed E-state index contributed by atoms with van der Waals surface area (Å²) in [6, 6.07) is 2.55. The van der Waals surface area contributed by atoms with E-state index in [9.17, 15) is 9.59 Å². The second-order valence-corrected chi connectivity index (χ2v) is 4.42. The summed E-state index contributed by atoms with van der Waals surface area (Å²) in [5.74, 6) is -0.591. The first kappa shape index (κ1) is 12.0. The number of hydrogen-bond donors (Lipinski definition) is 0. The maximum atomic E-state index is 12.1. The molecular formula is C11H12ClNO4. The maximum absolute atomic E-state index is 12.1. The van der Waals surface area contributed by atoms with Crippen molar-refractivity contribution >= 4 is 23.5 Å². The summed E-state index contributed by atoms with van der Waals surface area (Å²) in [5.41, 5.74) is 0. The molecule has 0 spiro atoms.